The number of nitrogens with one attached hydrogen (secondary N) is 1. The SMILES string of the molecule is CN=C1N(c2cccc(Br)c2C=O)c2cc(N3CCN(Cc4cnc(N5CCC(c6ccc(C(CCC=O)C(=O)NC)c(F)c6)CC5)cn4)CC3)ccc2C1(C)C. The van der Waals surface area contributed by atoms with Gasteiger partial charge in [-0.25, -0.2) is 9.37 Å². The summed E-state index contributed by atoms with van der Waals surface area (Å²) in [5.74, 6) is 0.580. The van der Waals surface area contributed by atoms with Crippen LogP contribution in [0.1, 0.15) is 84.1 Å². The van der Waals surface area contributed by atoms with Gasteiger partial charge in [0.25, 0.3) is 0 Å². The number of amidine groups is 1. The van der Waals surface area contributed by atoms with Gasteiger partial charge in [0.1, 0.15) is 23.8 Å². The molecule has 3 aliphatic heterocycles. The Morgan fingerprint density at radius 2 is 1.75 bits per heavy atom. The maximum Gasteiger partial charge on any atom is 0.227 e. The number of amides is 1. The van der Waals surface area contributed by atoms with Crippen LogP contribution in [-0.2, 0) is 21.5 Å². The van der Waals surface area contributed by atoms with E-state index >= 15 is 4.39 Å². The van der Waals surface area contributed by atoms with Crippen LogP contribution >= 0.6 is 15.9 Å². The van der Waals surface area contributed by atoms with Crippen molar-refractivity contribution >= 4 is 63.1 Å². The van der Waals surface area contributed by atoms with Crippen molar-refractivity contribution in [3.8, 4) is 0 Å². The topological polar surface area (TPSA) is 114 Å². The number of nitrogens with zero attached hydrogens (tertiary/aromatic N) is 7. The zero-order chi connectivity index (χ0) is 40.3. The second-order valence-electron chi connectivity index (χ2n) is 15.6. The second kappa shape index (κ2) is 17.2. The number of likely N-dealkylation sites (N-methyl/N-ethyl adjacent to an activating group) is 1. The molecule has 4 heterocycles. The summed E-state index contributed by atoms with van der Waals surface area (Å²) in [6, 6.07) is 17.7. The van der Waals surface area contributed by atoms with Gasteiger partial charge >= 0.3 is 0 Å². The summed E-state index contributed by atoms with van der Waals surface area (Å²) in [6.45, 7) is 10.2. The molecule has 3 aromatic carbocycles. The van der Waals surface area contributed by atoms with Gasteiger partial charge < -0.3 is 19.9 Å². The summed E-state index contributed by atoms with van der Waals surface area (Å²) in [5, 5.41) is 2.59. The summed E-state index contributed by atoms with van der Waals surface area (Å²) in [5.41, 5.74) is 6.64. The van der Waals surface area contributed by atoms with Gasteiger partial charge in [-0.1, -0.05) is 24.3 Å². The number of piperidine rings is 1. The van der Waals surface area contributed by atoms with Crippen LogP contribution in [0.3, 0.4) is 0 Å². The quantitative estimate of drug-likeness (QED) is 0.149. The average molecular weight is 838 g/mol. The Kier molecular flexibility index (Phi) is 12.2. The van der Waals surface area contributed by atoms with E-state index in [2.05, 4.69) is 72.9 Å². The number of piperazine rings is 1. The number of carbonyl (C=O) groups is 3. The molecular formula is C44H50BrFN8O3. The number of fused-ring (bicyclic) bond motifs is 1. The first-order valence-corrected chi connectivity index (χ1v) is 20.5. The van der Waals surface area contributed by atoms with Crippen molar-refractivity contribution in [3.05, 3.63) is 105 Å². The highest BCUT2D eigenvalue weighted by molar-refractivity contribution is 9.10. The van der Waals surface area contributed by atoms with Gasteiger partial charge in [-0.05, 0) is 96.4 Å². The monoisotopic (exact) mass is 836 g/mol. The Bertz CT molecular complexity index is 2150. The number of benzene rings is 3. The highest BCUT2D eigenvalue weighted by Crippen LogP contribution is 2.48. The minimum atomic E-state index is -0.688. The van der Waals surface area contributed by atoms with E-state index in [1.807, 2.05) is 43.7 Å². The molecule has 298 valence electrons. The molecular weight excluding hydrogens is 787 g/mol. The maximum absolute atomic E-state index is 15.3. The molecule has 1 N–H and O–H groups in total. The van der Waals surface area contributed by atoms with Crippen molar-refractivity contribution in [2.75, 3.05) is 68.1 Å². The van der Waals surface area contributed by atoms with Crippen LogP contribution in [-0.4, -0.2) is 92.5 Å². The minimum Gasteiger partial charge on any atom is -0.369 e. The zero-order valence-electron chi connectivity index (χ0n) is 33.0. The van der Waals surface area contributed by atoms with Gasteiger partial charge in [-0.2, -0.15) is 0 Å². The van der Waals surface area contributed by atoms with Crippen molar-refractivity contribution < 1.29 is 18.8 Å². The molecule has 1 unspecified atom stereocenters. The average Bonchev–Trinajstić information content (AvgIpc) is 3.46. The van der Waals surface area contributed by atoms with Crippen LogP contribution in [0.4, 0.5) is 27.3 Å². The first-order chi connectivity index (χ1) is 27.6. The van der Waals surface area contributed by atoms with Crippen molar-refractivity contribution in [2.45, 2.75) is 63.3 Å². The van der Waals surface area contributed by atoms with Crippen LogP contribution in [0.5, 0.6) is 0 Å². The molecule has 1 atom stereocenters. The molecule has 4 aromatic rings. The Balaban J connectivity index is 0.943. The fourth-order valence-corrected chi connectivity index (χ4v) is 9.20. The second-order valence-corrected chi connectivity index (χ2v) is 16.4. The first-order valence-electron chi connectivity index (χ1n) is 19.7. The number of aliphatic imine (C=N–C) groups is 1. The predicted octanol–water partition coefficient (Wildman–Crippen LogP) is 7.16. The van der Waals surface area contributed by atoms with Gasteiger partial charge in [-0.3, -0.25) is 29.4 Å². The van der Waals surface area contributed by atoms with Gasteiger partial charge in [0.05, 0.1) is 40.9 Å². The largest absolute Gasteiger partial charge is 0.369 e. The molecule has 1 aromatic heterocycles. The molecule has 57 heavy (non-hydrogen) atoms. The molecule has 11 nitrogen and oxygen atoms in total. The van der Waals surface area contributed by atoms with E-state index in [9.17, 15) is 14.4 Å². The number of rotatable bonds is 12. The van der Waals surface area contributed by atoms with E-state index in [0.29, 0.717) is 11.1 Å². The summed E-state index contributed by atoms with van der Waals surface area (Å²) in [7, 11) is 3.34. The normalized spacial score (nSPS) is 18.4. The third-order valence-corrected chi connectivity index (χ3v) is 12.6. The van der Waals surface area contributed by atoms with Crippen LogP contribution < -0.4 is 20.0 Å². The number of aldehydes is 2. The molecule has 2 fully saturated rings. The Hall–Kier alpha value is -5.01. The highest BCUT2D eigenvalue weighted by Gasteiger charge is 2.43. The van der Waals surface area contributed by atoms with Crippen LogP contribution in [0.25, 0.3) is 0 Å². The fraction of sp³-hybridized carbons (Fsp3) is 0.409. The molecule has 0 radical (unpaired) electrons. The molecule has 0 spiro atoms. The van der Waals surface area contributed by atoms with Crippen LogP contribution in [0, 0.1) is 5.82 Å². The van der Waals surface area contributed by atoms with E-state index in [-0.39, 0.29) is 30.1 Å². The molecule has 7 rings (SSSR count). The molecule has 1 amide bonds. The fourth-order valence-electron chi connectivity index (χ4n) is 8.75. The molecule has 2 saturated heterocycles. The van der Waals surface area contributed by atoms with Gasteiger partial charge in [0.2, 0.25) is 5.91 Å². The standard InChI is InChI=1S/C44H50BrFN8O3/c1-44(2)36-13-11-32(24-40(36)54(43(44)48-4)39-9-5-8-37(45)35(39)28-56)52-20-18-51(19-21-52)27-31-25-50-41(26-49-31)53-16-14-29(15-17-53)30-10-12-33(38(46)23-30)34(7-6-22-55)42(57)47-3/h5,8-13,22-26,28-29,34H,6-7,14-21,27H2,1-4H3,(H,47,57). The Labute approximate surface area is 342 Å². The number of halogens is 2. The number of aromatic nitrogens is 2. The van der Waals surface area contributed by atoms with Gasteiger partial charge in [0, 0.05) is 87.5 Å². The van der Waals surface area contributed by atoms with E-state index in [4.69, 9.17) is 15.0 Å². The number of hydrogen-bond acceptors (Lipinski definition) is 9. The third-order valence-electron chi connectivity index (χ3n) is 11.9. The van der Waals surface area contributed by atoms with Crippen molar-refractivity contribution in [3.63, 3.8) is 0 Å². The number of hydrogen-bond donors (Lipinski definition) is 1. The van der Waals surface area contributed by atoms with E-state index in [0.717, 1.165) is 116 Å². The minimum absolute atomic E-state index is 0.200. The first kappa shape index (κ1) is 40.2. The lowest BCUT2D eigenvalue weighted by Crippen LogP contribution is -2.46. The smallest absolute Gasteiger partial charge is 0.227 e. The van der Waals surface area contributed by atoms with Crippen molar-refractivity contribution in [2.24, 2.45) is 4.99 Å². The summed E-state index contributed by atoms with van der Waals surface area (Å²) in [6.07, 6.45) is 7.60. The maximum atomic E-state index is 15.3. The van der Waals surface area contributed by atoms with E-state index in [1.165, 1.54) is 12.6 Å². The Morgan fingerprint density at radius 3 is 2.40 bits per heavy atom. The van der Waals surface area contributed by atoms with Gasteiger partial charge in [-0.15, -0.1) is 0 Å². The summed E-state index contributed by atoms with van der Waals surface area (Å²) < 4.78 is 16.0. The van der Waals surface area contributed by atoms with E-state index < -0.39 is 11.7 Å². The third kappa shape index (κ3) is 8.09. The number of carbonyl (C=O) groups excluding carboxylic acids is 3. The Morgan fingerprint density at radius 1 is 0.982 bits per heavy atom. The van der Waals surface area contributed by atoms with Crippen LogP contribution in [0.15, 0.2) is 76.5 Å². The molecule has 0 aliphatic carbocycles. The lowest BCUT2D eigenvalue weighted by atomic mass is 9.85. The predicted molar refractivity (Wildman–Crippen MR) is 227 cm³/mol. The molecule has 3 aliphatic rings. The highest BCUT2D eigenvalue weighted by atomic mass is 79.9. The van der Waals surface area contributed by atoms with Crippen LogP contribution in [0.2, 0.25) is 0 Å². The molecule has 13 heteroatoms. The zero-order valence-corrected chi connectivity index (χ0v) is 34.6. The lowest BCUT2D eigenvalue weighted by Gasteiger charge is -2.36. The van der Waals surface area contributed by atoms with Crippen molar-refractivity contribution in [1.82, 2.24) is 20.2 Å². The molecule has 0 saturated carbocycles. The summed E-state index contributed by atoms with van der Waals surface area (Å²) in [4.78, 5) is 59.1. The van der Waals surface area contributed by atoms with Gasteiger partial charge in [0.15, 0.2) is 6.29 Å². The molecule has 0 bridgehead atoms. The van der Waals surface area contributed by atoms with Crippen molar-refractivity contribution in [1.29, 1.82) is 0 Å². The summed E-state index contributed by atoms with van der Waals surface area (Å²) >= 11 is 3.57. The number of anilines is 4. The lowest BCUT2D eigenvalue weighted by molar-refractivity contribution is -0.122. The van der Waals surface area contributed by atoms with E-state index in [1.54, 1.807) is 12.1 Å².